The molecule has 5 nitrogen and oxygen atoms in total. The van der Waals surface area contributed by atoms with Crippen molar-refractivity contribution in [2.75, 3.05) is 27.3 Å². The van der Waals surface area contributed by atoms with Crippen molar-refractivity contribution >= 4 is 5.91 Å². The number of ether oxygens (including phenoxy) is 2. The number of nitrogens with two attached hydrogens (primary N) is 1. The summed E-state index contributed by atoms with van der Waals surface area (Å²) < 4.78 is 10.5. The highest BCUT2D eigenvalue weighted by Crippen LogP contribution is 2.27. The average molecular weight is 370 g/mol. The van der Waals surface area contributed by atoms with Crippen LogP contribution < -0.4 is 10.5 Å². The van der Waals surface area contributed by atoms with Crippen molar-refractivity contribution in [1.82, 2.24) is 4.90 Å². The number of carbonyl (C=O) groups excluding carboxylic acids is 1. The van der Waals surface area contributed by atoms with Gasteiger partial charge in [-0.05, 0) is 42.7 Å². The molecule has 0 bridgehead atoms. The normalized spacial score (nSPS) is 13.1. The van der Waals surface area contributed by atoms with Crippen molar-refractivity contribution in [2.45, 2.75) is 32.4 Å². The highest BCUT2D eigenvalue weighted by Gasteiger charge is 2.22. The van der Waals surface area contributed by atoms with Crippen LogP contribution in [0.2, 0.25) is 0 Å². The summed E-state index contributed by atoms with van der Waals surface area (Å²) in [7, 11) is 3.25. The van der Waals surface area contributed by atoms with E-state index < -0.39 is 0 Å². The van der Waals surface area contributed by atoms with E-state index >= 15 is 0 Å². The number of hydrogen-bond donors (Lipinski definition) is 1. The van der Waals surface area contributed by atoms with Crippen LogP contribution in [0.4, 0.5) is 0 Å². The van der Waals surface area contributed by atoms with Crippen molar-refractivity contribution in [3.05, 3.63) is 54.1 Å². The van der Waals surface area contributed by atoms with E-state index in [0.29, 0.717) is 19.5 Å². The highest BCUT2D eigenvalue weighted by atomic mass is 16.5. The average Bonchev–Trinajstić information content (AvgIpc) is 2.72. The quantitative estimate of drug-likeness (QED) is 0.732. The molecule has 0 fully saturated rings. The van der Waals surface area contributed by atoms with E-state index in [1.54, 1.807) is 14.2 Å². The Hall–Kier alpha value is -2.37. The van der Waals surface area contributed by atoms with Gasteiger partial charge in [0.15, 0.2) is 0 Å². The third-order valence-electron chi connectivity index (χ3n) is 4.92. The molecule has 5 heteroatoms. The molecule has 1 amide bonds. The summed E-state index contributed by atoms with van der Waals surface area (Å²) in [6, 6.07) is 16.3. The predicted molar refractivity (Wildman–Crippen MR) is 109 cm³/mol. The number of nitrogens with zero attached hydrogens (tertiary/aromatic N) is 1. The first kappa shape index (κ1) is 20.9. The fraction of sp³-hybridized carbons (Fsp3) is 0.409. The molecular formula is C22H30N2O3. The van der Waals surface area contributed by atoms with Gasteiger partial charge < -0.3 is 20.1 Å². The van der Waals surface area contributed by atoms with E-state index in [0.717, 1.165) is 22.4 Å². The SMILES string of the molecule is CCN(C(=O)CC(CN)OC)C(C)c1ccc(-c2cccc(OC)c2)cc1. The smallest absolute Gasteiger partial charge is 0.225 e. The molecule has 2 atom stereocenters. The van der Waals surface area contributed by atoms with Gasteiger partial charge in [0.1, 0.15) is 5.75 Å². The van der Waals surface area contributed by atoms with Crippen molar-refractivity contribution in [2.24, 2.45) is 5.73 Å². The topological polar surface area (TPSA) is 64.8 Å². The summed E-state index contributed by atoms with van der Waals surface area (Å²) in [5, 5.41) is 0. The van der Waals surface area contributed by atoms with Crippen LogP contribution in [-0.4, -0.2) is 44.2 Å². The number of benzene rings is 2. The first-order chi connectivity index (χ1) is 13.0. The Kier molecular flexibility index (Phi) is 7.82. The number of rotatable bonds is 9. The summed E-state index contributed by atoms with van der Waals surface area (Å²) >= 11 is 0. The number of carbonyl (C=O) groups is 1. The van der Waals surface area contributed by atoms with E-state index in [4.69, 9.17) is 15.2 Å². The first-order valence-corrected chi connectivity index (χ1v) is 9.30. The van der Waals surface area contributed by atoms with Gasteiger partial charge in [0.05, 0.1) is 25.7 Å². The standard InChI is InChI=1S/C22H30N2O3/c1-5-24(22(25)14-21(15-23)27-4)16(2)17-9-11-18(12-10-17)19-7-6-8-20(13-19)26-3/h6-13,16,21H,5,14-15,23H2,1-4H3. The van der Waals surface area contributed by atoms with Crippen LogP contribution in [0.15, 0.2) is 48.5 Å². The molecule has 27 heavy (non-hydrogen) atoms. The van der Waals surface area contributed by atoms with Gasteiger partial charge in [-0.1, -0.05) is 36.4 Å². The van der Waals surface area contributed by atoms with Crippen molar-refractivity contribution in [1.29, 1.82) is 0 Å². The van der Waals surface area contributed by atoms with Gasteiger partial charge in [-0.25, -0.2) is 0 Å². The van der Waals surface area contributed by atoms with Gasteiger partial charge in [-0.15, -0.1) is 0 Å². The van der Waals surface area contributed by atoms with E-state index in [9.17, 15) is 4.79 Å². The molecule has 0 aromatic heterocycles. The van der Waals surface area contributed by atoms with Gasteiger partial charge in [0, 0.05) is 20.2 Å². The fourth-order valence-electron chi connectivity index (χ4n) is 3.18. The van der Waals surface area contributed by atoms with Crippen LogP contribution in [0.25, 0.3) is 11.1 Å². The monoisotopic (exact) mass is 370 g/mol. The second-order valence-corrected chi connectivity index (χ2v) is 6.51. The van der Waals surface area contributed by atoms with E-state index in [1.807, 2.05) is 36.9 Å². The number of hydrogen-bond acceptors (Lipinski definition) is 4. The molecule has 2 unspecified atom stereocenters. The molecular weight excluding hydrogens is 340 g/mol. The molecule has 0 radical (unpaired) electrons. The zero-order valence-electron chi connectivity index (χ0n) is 16.6. The van der Waals surface area contributed by atoms with Crippen LogP contribution >= 0.6 is 0 Å². The lowest BCUT2D eigenvalue weighted by molar-refractivity contribution is -0.135. The Labute approximate surface area is 162 Å². The Balaban J connectivity index is 2.15. The molecule has 2 aromatic carbocycles. The Bertz CT molecular complexity index is 727. The third kappa shape index (κ3) is 5.31. The Morgan fingerprint density at radius 1 is 1.11 bits per heavy atom. The summed E-state index contributed by atoms with van der Waals surface area (Å²) in [6.45, 7) is 5.01. The molecule has 0 saturated carbocycles. The summed E-state index contributed by atoms with van der Waals surface area (Å²) in [6.07, 6.45) is 0.0572. The molecule has 0 aliphatic heterocycles. The van der Waals surface area contributed by atoms with Crippen molar-refractivity contribution < 1.29 is 14.3 Å². The largest absolute Gasteiger partial charge is 0.497 e. The predicted octanol–water partition coefficient (Wildman–Crippen LogP) is 3.64. The van der Waals surface area contributed by atoms with Gasteiger partial charge in [-0.2, -0.15) is 0 Å². The Morgan fingerprint density at radius 2 is 1.81 bits per heavy atom. The highest BCUT2D eigenvalue weighted by molar-refractivity contribution is 5.77. The molecule has 2 aromatic rings. The van der Waals surface area contributed by atoms with Crippen molar-refractivity contribution in [3.63, 3.8) is 0 Å². The lowest BCUT2D eigenvalue weighted by Crippen LogP contribution is -2.37. The van der Waals surface area contributed by atoms with Gasteiger partial charge in [0.25, 0.3) is 0 Å². The third-order valence-corrected chi connectivity index (χ3v) is 4.92. The summed E-state index contributed by atoms with van der Waals surface area (Å²) in [5.74, 6) is 0.888. The zero-order chi connectivity index (χ0) is 19.8. The van der Waals surface area contributed by atoms with Crippen LogP contribution in [0.3, 0.4) is 0 Å². The summed E-state index contributed by atoms with van der Waals surface area (Å²) in [4.78, 5) is 14.5. The second kappa shape index (κ2) is 10.1. The lowest BCUT2D eigenvalue weighted by atomic mass is 10.00. The maximum atomic E-state index is 12.7. The van der Waals surface area contributed by atoms with Crippen LogP contribution in [-0.2, 0) is 9.53 Å². The molecule has 0 saturated heterocycles. The van der Waals surface area contributed by atoms with Crippen LogP contribution in [0.1, 0.15) is 31.9 Å². The van der Waals surface area contributed by atoms with E-state index in [1.165, 1.54) is 0 Å². The minimum Gasteiger partial charge on any atom is -0.497 e. The minimum atomic E-state index is -0.241. The molecule has 0 aliphatic carbocycles. The fourth-order valence-corrected chi connectivity index (χ4v) is 3.18. The lowest BCUT2D eigenvalue weighted by Gasteiger charge is -2.30. The van der Waals surface area contributed by atoms with Gasteiger partial charge >= 0.3 is 0 Å². The van der Waals surface area contributed by atoms with Crippen molar-refractivity contribution in [3.8, 4) is 16.9 Å². The first-order valence-electron chi connectivity index (χ1n) is 9.30. The number of methoxy groups -OCH3 is 2. The van der Waals surface area contributed by atoms with E-state index in [2.05, 4.69) is 30.3 Å². The van der Waals surface area contributed by atoms with Crippen LogP contribution in [0.5, 0.6) is 5.75 Å². The van der Waals surface area contributed by atoms with Gasteiger partial charge in [0.2, 0.25) is 5.91 Å². The maximum absolute atomic E-state index is 12.7. The second-order valence-electron chi connectivity index (χ2n) is 6.51. The molecule has 2 rings (SSSR count). The zero-order valence-corrected chi connectivity index (χ0v) is 16.6. The number of amides is 1. The molecule has 146 valence electrons. The molecule has 0 spiro atoms. The molecule has 2 N–H and O–H groups in total. The van der Waals surface area contributed by atoms with Crippen LogP contribution in [0, 0.1) is 0 Å². The molecule has 0 heterocycles. The van der Waals surface area contributed by atoms with E-state index in [-0.39, 0.29) is 18.1 Å². The maximum Gasteiger partial charge on any atom is 0.225 e. The molecule has 0 aliphatic rings. The minimum absolute atomic E-state index is 0.0165. The summed E-state index contributed by atoms with van der Waals surface area (Å²) in [5.41, 5.74) is 8.96. The van der Waals surface area contributed by atoms with Gasteiger partial charge in [-0.3, -0.25) is 4.79 Å². The Morgan fingerprint density at radius 3 is 2.37 bits per heavy atom.